The molecule has 0 spiro atoms. The predicted molar refractivity (Wildman–Crippen MR) is 65.8 cm³/mol. The molecule has 3 nitrogen and oxygen atoms in total. The van der Waals surface area contributed by atoms with Gasteiger partial charge in [-0.25, -0.2) is 8.42 Å². The second kappa shape index (κ2) is 5.46. The number of rotatable bonds is 5. The molecule has 0 amide bonds. The van der Waals surface area contributed by atoms with Gasteiger partial charge in [0.1, 0.15) is 0 Å². The number of hydrogen-bond acceptors (Lipinski definition) is 2. The van der Waals surface area contributed by atoms with E-state index < -0.39 is 10.0 Å². The molecule has 1 unspecified atom stereocenters. The maximum absolute atomic E-state index is 12.3. The van der Waals surface area contributed by atoms with Crippen LogP contribution in [0.3, 0.4) is 0 Å². The average molecular weight is 241 g/mol. The minimum Gasteiger partial charge on any atom is -0.207 e. The van der Waals surface area contributed by atoms with Gasteiger partial charge in [0, 0.05) is 12.6 Å². The first-order valence-electron chi connectivity index (χ1n) is 5.60. The van der Waals surface area contributed by atoms with Crippen LogP contribution in [-0.2, 0) is 10.0 Å². The highest BCUT2D eigenvalue weighted by Gasteiger charge is 2.26. The van der Waals surface area contributed by atoms with Crippen molar-refractivity contribution in [3.05, 3.63) is 30.3 Å². The Balaban J connectivity index is 3.10. The van der Waals surface area contributed by atoms with Crippen molar-refractivity contribution in [2.45, 2.75) is 38.1 Å². The van der Waals surface area contributed by atoms with Gasteiger partial charge in [0.05, 0.1) is 4.90 Å². The Morgan fingerprint density at radius 2 is 1.75 bits per heavy atom. The predicted octanol–water partition coefficient (Wildman–Crippen LogP) is 2.50. The van der Waals surface area contributed by atoms with Crippen LogP contribution in [-0.4, -0.2) is 25.3 Å². The zero-order valence-corrected chi connectivity index (χ0v) is 10.9. The van der Waals surface area contributed by atoms with Crippen LogP contribution in [0.2, 0.25) is 0 Å². The van der Waals surface area contributed by atoms with E-state index in [9.17, 15) is 8.42 Å². The molecule has 1 atom stereocenters. The van der Waals surface area contributed by atoms with Gasteiger partial charge in [-0.2, -0.15) is 4.31 Å². The van der Waals surface area contributed by atoms with Gasteiger partial charge in [-0.3, -0.25) is 0 Å². The first-order valence-corrected chi connectivity index (χ1v) is 7.05. The van der Waals surface area contributed by atoms with Gasteiger partial charge in [-0.15, -0.1) is 0 Å². The molecule has 0 fully saturated rings. The molecule has 1 rings (SSSR count). The molecule has 0 N–H and O–H groups in total. The number of nitrogens with zero attached hydrogens (tertiary/aromatic N) is 1. The van der Waals surface area contributed by atoms with Crippen molar-refractivity contribution in [1.82, 2.24) is 4.31 Å². The van der Waals surface area contributed by atoms with Crippen LogP contribution in [0.1, 0.15) is 27.2 Å². The summed E-state index contributed by atoms with van der Waals surface area (Å²) in [6, 6.07) is 8.63. The van der Waals surface area contributed by atoms with E-state index in [-0.39, 0.29) is 6.04 Å². The van der Waals surface area contributed by atoms with Gasteiger partial charge in [0.2, 0.25) is 10.0 Å². The van der Waals surface area contributed by atoms with Crippen LogP contribution in [0.5, 0.6) is 0 Å². The van der Waals surface area contributed by atoms with E-state index in [0.717, 1.165) is 6.42 Å². The first-order chi connectivity index (χ1) is 7.54. The van der Waals surface area contributed by atoms with Crippen LogP contribution < -0.4 is 0 Å². The third-order valence-electron chi connectivity index (χ3n) is 2.74. The molecule has 0 aliphatic carbocycles. The Labute approximate surface area is 98.1 Å². The number of benzene rings is 1. The maximum atomic E-state index is 12.3. The lowest BCUT2D eigenvalue weighted by Crippen LogP contribution is -2.38. The summed E-state index contributed by atoms with van der Waals surface area (Å²) in [4.78, 5) is 0.372. The molecule has 0 heterocycles. The smallest absolute Gasteiger partial charge is 0.207 e. The lowest BCUT2D eigenvalue weighted by Gasteiger charge is -2.26. The Bertz CT molecular complexity index is 414. The normalized spacial score (nSPS) is 14.0. The van der Waals surface area contributed by atoms with Gasteiger partial charge >= 0.3 is 0 Å². The third-order valence-corrected chi connectivity index (χ3v) is 4.85. The molecule has 1 aromatic rings. The summed E-state index contributed by atoms with van der Waals surface area (Å²) in [6.45, 7) is 6.30. The zero-order valence-electron chi connectivity index (χ0n) is 10.1. The molecular weight excluding hydrogens is 222 g/mol. The minimum atomic E-state index is -3.33. The van der Waals surface area contributed by atoms with E-state index in [1.807, 2.05) is 26.8 Å². The Hall–Kier alpha value is -0.870. The largest absolute Gasteiger partial charge is 0.243 e. The summed E-state index contributed by atoms with van der Waals surface area (Å²) in [5.74, 6) is 0. The molecular formula is C12H19NO2S. The SMILES string of the molecule is CCC(C)N(CC)S(=O)(=O)c1ccccc1. The van der Waals surface area contributed by atoms with Gasteiger partial charge in [0.25, 0.3) is 0 Å². The van der Waals surface area contributed by atoms with Gasteiger partial charge < -0.3 is 0 Å². The van der Waals surface area contributed by atoms with E-state index in [2.05, 4.69) is 0 Å². The van der Waals surface area contributed by atoms with E-state index in [0.29, 0.717) is 11.4 Å². The van der Waals surface area contributed by atoms with Crippen molar-refractivity contribution >= 4 is 10.0 Å². The van der Waals surface area contributed by atoms with Crippen molar-refractivity contribution in [3.63, 3.8) is 0 Å². The summed E-state index contributed by atoms with van der Waals surface area (Å²) in [7, 11) is -3.33. The van der Waals surface area contributed by atoms with Gasteiger partial charge in [0.15, 0.2) is 0 Å². The fraction of sp³-hybridized carbons (Fsp3) is 0.500. The number of hydrogen-bond donors (Lipinski definition) is 0. The van der Waals surface area contributed by atoms with Crippen LogP contribution in [0, 0.1) is 0 Å². The summed E-state index contributed by atoms with van der Waals surface area (Å²) in [5.41, 5.74) is 0. The molecule has 0 aliphatic rings. The van der Waals surface area contributed by atoms with Gasteiger partial charge in [-0.1, -0.05) is 32.0 Å². The standard InChI is InChI=1S/C12H19NO2S/c1-4-11(3)13(5-2)16(14,15)12-9-7-6-8-10-12/h6-11H,4-5H2,1-3H3. The highest BCUT2D eigenvalue weighted by molar-refractivity contribution is 7.89. The van der Waals surface area contributed by atoms with Gasteiger partial charge in [-0.05, 0) is 25.5 Å². The molecule has 90 valence electrons. The molecule has 0 saturated heterocycles. The number of sulfonamides is 1. The first kappa shape index (κ1) is 13.2. The van der Waals surface area contributed by atoms with Crippen molar-refractivity contribution in [2.24, 2.45) is 0 Å². The fourth-order valence-corrected chi connectivity index (χ4v) is 3.38. The van der Waals surface area contributed by atoms with Crippen LogP contribution >= 0.6 is 0 Å². The van der Waals surface area contributed by atoms with Crippen molar-refractivity contribution < 1.29 is 8.42 Å². The van der Waals surface area contributed by atoms with E-state index in [4.69, 9.17) is 0 Å². The second-order valence-electron chi connectivity index (χ2n) is 3.78. The zero-order chi connectivity index (χ0) is 12.2. The van der Waals surface area contributed by atoms with Crippen LogP contribution in [0.4, 0.5) is 0 Å². The minimum absolute atomic E-state index is 0.0372. The summed E-state index contributed by atoms with van der Waals surface area (Å²) in [6.07, 6.45) is 0.819. The lowest BCUT2D eigenvalue weighted by atomic mass is 10.3. The summed E-state index contributed by atoms with van der Waals surface area (Å²) in [5, 5.41) is 0. The quantitative estimate of drug-likeness (QED) is 0.794. The molecule has 0 saturated carbocycles. The molecule has 0 aliphatic heterocycles. The van der Waals surface area contributed by atoms with Crippen molar-refractivity contribution in [2.75, 3.05) is 6.54 Å². The summed E-state index contributed by atoms with van der Waals surface area (Å²) < 4.78 is 26.1. The van der Waals surface area contributed by atoms with E-state index >= 15 is 0 Å². The Morgan fingerprint density at radius 1 is 1.19 bits per heavy atom. The monoisotopic (exact) mass is 241 g/mol. The van der Waals surface area contributed by atoms with Crippen LogP contribution in [0.15, 0.2) is 35.2 Å². The topological polar surface area (TPSA) is 37.4 Å². The Morgan fingerprint density at radius 3 is 2.19 bits per heavy atom. The molecule has 0 radical (unpaired) electrons. The molecule has 0 bridgehead atoms. The average Bonchev–Trinajstić information content (AvgIpc) is 2.30. The highest BCUT2D eigenvalue weighted by atomic mass is 32.2. The van der Waals surface area contributed by atoms with E-state index in [1.54, 1.807) is 28.6 Å². The van der Waals surface area contributed by atoms with Crippen molar-refractivity contribution in [3.8, 4) is 0 Å². The van der Waals surface area contributed by atoms with Crippen molar-refractivity contribution in [1.29, 1.82) is 0 Å². The molecule has 4 heteroatoms. The lowest BCUT2D eigenvalue weighted by molar-refractivity contribution is 0.342. The molecule has 16 heavy (non-hydrogen) atoms. The maximum Gasteiger partial charge on any atom is 0.243 e. The molecule has 1 aromatic carbocycles. The fourth-order valence-electron chi connectivity index (χ4n) is 1.65. The Kier molecular flexibility index (Phi) is 4.50. The van der Waals surface area contributed by atoms with E-state index in [1.165, 1.54) is 0 Å². The highest BCUT2D eigenvalue weighted by Crippen LogP contribution is 2.18. The second-order valence-corrected chi connectivity index (χ2v) is 5.67. The van der Waals surface area contributed by atoms with Crippen LogP contribution in [0.25, 0.3) is 0 Å². The third kappa shape index (κ3) is 2.62. The summed E-state index contributed by atoms with van der Waals surface area (Å²) >= 11 is 0. The molecule has 0 aromatic heterocycles.